The van der Waals surface area contributed by atoms with E-state index >= 15 is 0 Å². The molecule has 1 saturated carbocycles. The van der Waals surface area contributed by atoms with Crippen LogP contribution < -0.4 is 0 Å². The first kappa shape index (κ1) is 10.00. The largest absolute Gasteiger partial charge is 0.393 e. The van der Waals surface area contributed by atoms with Gasteiger partial charge >= 0.3 is 11.9 Å². The number of carbonyl (C=O) groups is 3. The van der Waals surface area contributed by atoms with Crippen LogP contribution >= 0.6 is 0 Å². The van der Waals surface area contributed by atoms with E-state index in [0.29, 0.717) is 6.42 Å². The Bertz CT molecular complexity index is 604. The van der Waals surface area contributed by atoms with Gasteiger partial charge in [0.2, 0.25) is 0 Å². The number of ether oxygens (including phenoxy) is 1. The Kier molecular flexibility index (Phi) is 1.71. The second-order valence-corrected chi connectivity index (χ2v) is 5.18. The zero-order chi connectivity index (χ0) is 12.4. The summed E-state index contributed by atoms with van der Waals surface area (Å²) in [6.45, 7) is 0. The molecule has 5 rings (SSSR count). The molecule has 2 bridgehead atoms. The number of hydrogen-bond acceptors (Lipinski definition) is 4. The number of Topliss-reactive ketones (excluding diaryl/α,β-unsaturated/α-hetero) is 1. The molecular weight excluding hydrogens is 232 g/mol. The molecule has 1 aromatic rings. The predicted octanol–water partition coefficient (Wildman–Crippen LogP) is 1.16. The van der Waals surface area contributed by atoms with E-state index in [1.54, 1.807) is 0 Å². The molecule has 0 radical (unpaired) electrons. The van der Waals surface area contributed by atoms with Crippen molar-refractivity contribution in [3.05, 3.63) is 35.4 Å². The number of carbonyl (C=O) groups excluding carboxylic acids is 3. The molecule has 4 aliphatic rings. The van der Waals surface area contributed by atoms with E-state index in [1.807, 2.05) is 24.3 Å². The van der Waals surface area contributed by atoms with Crippen molar-refractivity contribution >= 4 is 17.7 Å². The SMILES string of the molecule is O=C1OC(=O)[C@H]2[C@@H]1[C@H]1CC(=O)[C@@H]2c2ccccc21. The van der Waals surface area contributed by atoms with Gasteiger partial charge in [-0.2, -0.15) is 0 Å². The van der Waals surface area contributed by atoms with Crippen molar-refractivity contribution in [3.63, 3.8) is 0 Å². The molecule has 0 unspecified atom stereocenters. The minimum absolute atomic E-state index is 0.0617. The standard InChI is InChI=1S/C14H10O4/c15-9-5-8-6-3-1-2-4-7(6)10(9)12-11(8)13(16)18-14(12)17/h1-4,8,10-12H,5H2/t8-,10-,11-,12+/m0/s1. The van der Waals surface area contributed by atoms with E-state index < -0.39 is 29.7 Å². The Morgan fingerprint density at radius 3 is 2.39 bits per heavy atom. The minimum Gasteiger partial charge on any atom is -0.393 e. The maximum atomic E-state index is 12.1. The average Bonchev–Trinajstić information content (AvgIpc) is 2.66. The molecule has 18 heavy (non-hydrogen) atoms. The van der Waals surface area contributed by atoms with Crippen molar-refractivity contribution in [2.45, 2.75) is 18.3 Å². The Hall–Kier alpha value is -1.97. The third kappa shape index (κ3) is 0.991. The highest BCUT2D eigenvalue weighted by Gasteiger charge is 2.61. The highest BCUT2D eigenvalue weighted by molar-refractivity contribution is 6.05. The maximum Gasteiger partial charge on any atom is 0.318 e. The summed E-state index contributed by atoms with van der Waals surface area (Å²) in [5.74, 6) is -2.61. The summed E-state index contributed by atoms with van der Waals surface area (Å²) < 4.78 is 4.74. The average molecular weight is 242 g/mol. The first-order valence-corrected chi connectivity index (χ1v) is 6.05. The third-order valence-electron chi connectivity index (χ3n) is 4.42. The highest BCUT2D eigenvalue weighted by Crippen LogP contribution is 2.56. The van der Waals surface area contributed by atoms with Gasteiger partial charge in [-0.25, -0.2) is 0 Å². The normalized spacial score (nSPS) is 36.3. The molecule has 0 aromatic heterocycles. The molecule has 1 heterocycles. The minimum atomic E-state index is -0.585. The van der Waals surface area contributed by atoms with Crippen LogP contribution in [0.4, 0.5) is 0 Å². The summed E-state index contributed by atoms with van der Waals surface area (Å²) in [6.07, 6.45) is 0.352. The van der Waals surface area contributed by atoms with Gasteiger partial charge in [0.15, 0.2) is 0 Å². The van der Waals surface area contributed by atoms with E-state index in [9.17, 15) is 14.4 Å². The molecule has 1 aromatic carbocycles. The maximum absolute atomic E-state index is 12.1. The van der Waals surface area contributed by atoms with Gasteiger partial charge in [0.05, 0.1) is 17.8 Å². The van der Waals surface area contributed by atoms with Crippen LogP contribution in [-0.2, 0) is 19.1 Å². The molecule has 1 saturated heterocycles. The zero-order valence-corrected chi connectivity index (χ0v) is 9.46. The van der Waals surface area contributed by atoms with E-state index in [-0.39, 0.29) is 11.7 Å². The van der Waals surface area contributed by atoms with Crippen LogP contribution in [0.2, 0.25) is 0 Å². The number of ketones is 1. The van der Waals surface area contributed by atoms with Crippen LogP contribution in [0.25, 0.3) is 0 Å². The lowest BCUT2D eigenvalue weighted by Gasteiger charge is -2.42. The van der Waals surface area contributed by atoms with Gasteiger partial charge in [0.25, 0.3) is 0 Å². The van der Waals surface area contributed by atoms with Crippen LogP contribution in [0, 0.1) is 11.8 Å². The summed E-state index contributed by atoms with van der Waals surface area (Å²) >= 11 is 0. The lowest BCUT2D eigenvalue weighted by atomic mass is 9.56. The smallest absolute Gasteiger partial charge is 0.318 e. The first-order chi connectivity index (χ1) is 8.68. The van der Waals surface area contributed by atoms with Crippen molar-refractivity contribution in [1.29, 1.82) is 0 Å². The molecule has 0 N–H and O–H groups in total. The van der Waals surface area contributed by atoms with E-state index in [2.05, 4.69) is 0 Å². The van der Waals surface area contributed by atoms with Gasteiger partial charge in [-0.1, -0.05) is 24.3 Å². The van der Waals surface area contributed by atoms with Crippen molar-refractivity contribution in [2.24, 2.45) is 11.8 Å². The van der Waals surface area contributed by atoms with Gasteiger partial charge in [-0.05, 0) is 11.1 Å². The summed E-state index contributed by atoms with van der Waals surface area (Å²) in [4.78, 5) is 35.6. The van der Waals surface area contributed by atoms with E-state index in [1.165, 1.54) is 0 Å². The molecule has 2 fully saturated rings. The second-order valence-electron chi connectivity index (χ2n) is 5.18. The molecule has 4 nitrogen and oxygen atoms in total. The second kappa shape index (κ2) is 3.07. The quantitative estimate of drug-likeness (QED) is 0.506. The highest BCUT2D eigenvalue weighted by atomic mass is 16.6. The summed E-state index contributed by atoms with van der Waals surface area (Å²) in [7, 11) is 0. The van der Waals surface area contributed by atoms with Crippen molar-refractivity contribution in [2.75, 3.05) is 0 Å². The van der Waals surface area contributed by atoms with E-state index in [0.717, 1.165) is 11.1 Å². The van der Waals surface area contributed by atoms with Gasteiger partial charge in [0.1, 0.15) is 5.78 Å². The molecule has 90 valence electrons. The Balaban J connectivity index is 1.98. The lowest BCUT2D eigenvalue weighted by Crippen LogP contribution is -2.44. The summed E-state index contributed by atoms with van der Waals surface area (Å²) in [6, 6.07) is 7.60. The Morgan fingerprint density at radius 2 is 1.61 bits per heavy atom. The number of cyclic esters (lactones) is 2. The van der Waals surface area contributed by atoms with Crippen LogP contribution in [-0.4, -0.2) is 17.7 Å². The number of hydrogen-bond donors (Lipinski definition) is 0. The van der Waals surface area contributed by atoms with Gasteiger partial charge in [-0.15, -0.1) is 0 Å². The van der Waals surface area contributed by atoms with Gasteiger partial charge in [0, 0.05) is 12.3 Å². The van der Waals surface area contributed by atoms with Crippen molar-refractivity contribution in [1.82, 2.24) is 0 Å². The topological polar surface area (TPSA) is 60.4 Å². The van der Waals surface area contributed by atoms with Gasteiger partial charge < -0.3 is 4.74 Å². The fourth-order valence-electron chi connectivity index (χ4n) is 3.76. The Labute approximate surface area is 103 Å². The fourth-order valence-corrected chi connectivity index (χ4v) is 3.76. The monoisotopic (exact) mass is 242 g/mol. The number of rotatable bonds is 0. The number of fused-ring (bicyclic) bond motifs is 1. The lowest BCUT2D eigenvalue weighted by molar-refractivity contribution is -0.154. The number of benzene rings is 1. The molecule has 1 aliphatic heterocycles. The number of esters is 2. The summed E-state index contributed by atoms with van der Waals surface area (Å²) in [5, 5.41) is 0. The summed E-state index contributed by atoms with van der Waals surface area (Å²) in [5.41, 5.74) is 1.95. The van der Waals surface area contributed by atoms with Gasteiger partial charge in [-0.3, -0.25) is 14.4 Å². The molecule has 3 aliphatic carbocycles. The van der Waals surface area contributed by atoms with Crippen LogP contribution in [0.15, 0.2) is 24.3 Å². The van der Waals surface area contributed by atoms with Crippen LogP contribution in [0.3, 0.4) is 0 Å². The molecule has 0 amide bonds. The molecule has 4 heteroatoms. The van der Waals surface area contributed by atoms with Crippen molar-refractivity contribution in [3.8, 4) is 0 Å². The van der Waals surface area contributed by atoms with Crippen LogP contribution in [0.5, 0.6) is 0 Å². The van der Waals surface area contributed by atoms with E-state index in [4.69, 9.17) is 4.74 Å². The van der Waals surface area contributed by atoms with Crippen LogP contribution in [0.1, 0.15) is 29.4 Å². The fraction of sp³-hybridized carbons (Fsp3) is 0.357. The molecule has 0 spiro atoms. The predicted molar refractivity (Wildman–Crippen MR) is 59.6 cm³/mol. The first-order valence-electron chi connectivity index (χ1n) is 6.05. The Morgan fingerprint density at radius 1 is 0.944 bits per heavy atom. The molecular formula is C14H10O4. The third-order valence-corrected chi connectivity index (χ3v) is 4.42. The molecule has 4 atom stereocenters. The van der Waals surface area contributed by atoms with Crippen molar-refractivity contribution < 1.29 is 19.1 Å². The zero-order valence-electron chi connectivity index (χ0n) is 9.46.